The number of pyridine rings is 2. The van der Waals surface area contributed by atoms with Crippen molar-refractivity contribution in [3.8, 4) is 0 Å². The van der Waals surface area contributed by atoms with Crippen molar-refractivity contribution in [3.05, 3.63) is 103 Å². The molecule has 148 valence electrons. The molecular weight excluding hydrogens is 396 g/mol. The third-order valence-electron chi connectivity index (χ3n) is 4.58. The van der Waals surface area contributed by atoms with Gasteiger partial charge in [0.15, 0.2) is 0 Å². The summed E-state index contributed by atoms with van der Waals surface area (Å²) < 4.78 is 0. The normalized spacial score (nSPS) is 12.6. The molecule has 0 bridgehead atoms. The van der Waals surface area contributed by atoms with Gasteiger partial charge in [0.2, 0.25) is 0 Å². The molecule has 2 heterocycles. The Labute approximate surface area is 171 Å². The van der Waals surface area contributed by atoms with Gasteiger partial charge < -0.3 is 0 Å². The van der Waals surface area contributed by atoms with Crippen LogP contribution in [0.15, 0.2) is 60.9 Å². The molecule has 0 aliphatic heterocycles. The number of hydrogen-bond donors (Lipinski definition) is 0. The van der Waals surface area contributed by atoms with E-state index in [-0.39, 0.29) is 16.5 Å². The highest BCUT2D eigenvalue weighted by Crippen LogP contribution is 2.28. The molecule has 0 spiro atoms. The summed E-state index contributed by atoms with van der Waals surface area (Å²) in [5, 5.41) is 20.9. The lowest BCUT2D eigenvalue weighted by Gasteiger charge is -2.07. The average Bonchev–Trinajstić information content (AvgIpc) is 3.11. The van der Waals surface area contributed by atoms with Crippen molar-refractivity contribution in [1.82, 2.24) is 9.97 Å². The van der Waals surface area contributed by atoms with Gasteiger partial charge >= 0.3 is 0 Å². The van der Waals surface area contributed by atoms with Crippen molar-refractivity contribution < 1.29 is 9.85 Å². The van der Waals surface area contributed by atoms with E-state index in [1.165, 1.54) is 35.5 Å². The molecule has 0 radical (unpaired) electrons. The van der Waals surface area contributed by atoms with E-state index < -0.39 is 9.85 Å². The van der Waals surface area contributed by atoms with Crippen LogP contribution in [0.4, 0.5) is 11.4 Å². The zero-order valence-electron chi connectivity index (χ0n) is 15.3. The number of nitro groups is 2. The highest BCUT2D eigenvalue weighted by molar-refractivity contribution is 6.29. The lowest BCUT2D eigenvalue weighted by molar-refractivity contribution is -0.385. The predicted molar refractivity (Wildman–Crippen MR) is 108 cm³/mol. The second-order valence-electron chi connectivity index (χ2n) is 6.61. The fraction of sp³-hybridized carbons (Fsp3) is 0.200. The summed E-state index contributed by atoms with van der Waals surface area (Å²) in [7, 11) is 0. The van der Waals surface area contributed by atoms with Crippen molar-refractivity contribution >= 4 is 23.0 Å². The van der Waals surface area contributed by atoms with Crippen molar-refractivity contribution in [1.29, 1.82) is 0 Å². The minimum atomic E-state index is -0.524. The van der Waals surface area contributed by atoms with Gasteiger partial charge in [-0.2, -0.15) is 0 Å². The number of rotatable bonds is 4. The smallest absolute Gasteiger partial charge is 0.258 e. The molecular formula is C20H17ClN4O4. The Bertz CT molecular complexity index is 985. The first-order valence-corrected chi connectivity index (χ1v) is 9.22. The maximum atomic E-state index is 10.6. The fourth-order valence-corrected chi connectivity index (χ4v) is 3.32. The fourth-order valence-electron chi connectivity index (χ4n) is 3.21. The van der Waals surface area contributed by atoms with Gasteiger partial charge in [0.1, 0.15) is 17.5 Å². The first-order chi connectivity index (χ1) is 13.9. The first kappa shape index (κ1) is 20.3. The predicted octanol–water partition coefficient (Wildman–Crippen LogP) is 4.59. The maximum absolute atomic E-state index is 10.6. The SMILES string of the molecule is O=[N+]([O-])c1ccc(CC2Cc3ccccc3C2)nc1.O=[N+]([O-])c1ccc(Cl)nc1. The number of nitrogens with zero attached hydrogens (tertiary/aromatic N) is 4. The summed E-state index contributed by atoms with van der Waals surface area (Å²) in [4.78, 5) is 27.4. The zero-order chi connectivity index (χ0) is 20.8. The molecule has 0 saturated heterocycles. The highest BCUT2D eigenvalue weighted by atomic mass is 35.5. The van der Waals surface area contributed by atoms with Crippen molar-refractivity contribution in [2.24, 2.45) is 5.92 Å². The van der Waals surface area contributed by atoms with Gasteiger partial charge in [-0.25, -0.2) is 4.98 Å². The van der Waals surface area contributed by atoms with Gasteiger partial charge in [-0.15, -0.1) is 0 Å². The Morgan fingerprint density at radius 3 is 1.86 bits per heavy atom. The molecule has 0 atom stereocenters. The van der Waals surface area contributed by atoms with E-state index in [4.69, 9.17) is 11.6 Å². The minimum Gasteiger partial charge on any atom is -0.258 e. The summed E-state index contributed by atoms with van der Waals surface area (Å²) in [6.07, 6.45) is 5.50. The summed E-state index contributed by atoms with van der Waals surface area (Å²) >= 11 is 5.38. The standard InChI is InChI=1S/C15H14N2O2.C5H3ClN2O2/c18-17(19)15-6-5-14(16-10-15)9-11-7-12-3-1-2-4-13(12)8-11;6-5-2-1-4(3-7-5)8(9)10/h1-6,10-11H,7-9H2;1-3H. The summed E-state index contributed by atoms with van der Waals surface area (Å²) in [6, 6.07) is 14.5. The van der Waals surface area contributed by atoms with E-state index in [2.05, 4.69) is 34.2 Å². The van der Waals surface area contributed by atoms with Gasteiger partial charge in [0, 0.05) is 17.8 Å². The van der Waals surface area contributed by atoms with Crippen LogP contribution < -0.4 is 0 Å². The lowest BCUT2D eigenvalue weighted by atomic mass is 10.00. The van der Waals surface area contributed by atoms with Crippen LogP contribution >= 0.6 is 11.6 Å². The van der Waals surface area contributed by atoms with Crippen LogP contribution in [-0.4, -0.2) is 19.8 Å². The van der Waals surface area contributed by atoms with E-state index in [0.717, 1.165) is 31.2 Å². The quantitative estimate of drug-likeness (QED) is 0.352. The summed E-state index contributed by atoms with van der Waals surface area (Å²) in [6.45, 7) is 0. The van der Waals surface area contributed by atoms with Crippen LogP contribution in [0.25, 0.3) is 0 Å². The minimum absolute atomic E-state index is 0.0515. The van der Waals surface area contributed by atoms with Crippen LogP contribution in [-0.2, 0) is 19.3 Å². The molecule has 0 N–H and O–H groups in total. The van der Waals surface area contributed by atoms with E-state index >= 15 is 0 Å². The Hall–Kier alpha value is -3.39. The second-order valence-corrected chi connectivity index (χ2v) is 7.00. The maximum Gasteiger partial charge on any atom is 0.287 e. The number of aromatic nitrogens is 2. The number of halogens is 1. The van der Waals surface area contributed by atoms with Crippen LogP contribution in [0.5, 0.6) is 0 Å². The number of fused-ring (bicyclic) bond motifs is 1. The van der Waals surface area contributed by atoms with E-state index in [1.807, 2.05) is 0 Å². The Morgan fingerprint density at radius 1 is 0.862 bits per heavy atom. The van der Waals surface area contributed by atoms with E-state index in [1.54, 1.807) is 6.07 Å². The number of benzene rings is 1. The molecule has 3 aromatic rings. The molecule has 1 aliphatic rings. The molecule has 1 aromatic carbocycles. The van der Waals surface area contributed by atoms with Gasteiger partial charge in [-0.3, -0.25) is 25.2 Å². The van der Waals surface area contributed by atoms with Gasteiger partial charge in [-0.05, 0) is 48.4 Å². The molecule has 2 aromatic heterocycles. The van der Waals surface area contributed by atoms with Gasteiger partial charge in [0.05, 0.1) is 9.85 Å². The van der Waals surface area contributed by atoms with Crippen molar-refractivity contribution in [2.45, 2.75) is 19.3 Å². The monoisotopic (exact) mass is 412 g/mol. The molecule has 8 nitrogen and oxygen atoms in total. The van der Waals surface area contributed by atoms with E-state index in [0.29, 0.717) is 5.92 Å². The van der Waals surface area contributed by atoms with Crippen LogP contribution in [0.1, 0.15) is 16.8 Å². The zero-order valence-corrected chi connectivity index (χ0v) is 16.0. The van der Waals surface area contributed by atoms with E-state index in [9.17, 15) is 20.2 Å². The molecule has 0 amide bonds. The second kappa shape index (κ2) is 9.20. The Kier molecular flexibility index (Phi) is 6.46. The van der Waals surface area contributed by atoms with Gasteiger partial charge in [-0.1, -0.05) is 35.9 Å². The van der Waals surface area contributed by atoms with Crippen LogP contribution in [0.3, 0.4) is 0 Å². The Balaban J connectivity index is 0.000000204. The topological polar surface area (TPSA) is 112 Å². The average molecular weight is 413 g/mol. The highest BCUT2D eigenvalue weighted by Gasteiger charge is 2.21. The molecule has 4 rings (SSSR count). The summed E-state index contributed by atoms with van der Waals surface area (Å²) in [5.74, 6) is 0.561. The van der Waals surface area contributed by atoms with Crippen molar-refractivity contribution in [3.63, 3.8) is 0 Å². The largest absolute Gasteiger partial charge is 0.287 e. The van der Waals surface area contributed by atoms with Crippen LogP contribution in [0, 0.1) is 26.1 Å². The molecule has 0 unspecified atom stereocenters. The molecule has 0 fully saturated rings. The van der Waals surface area contributed by atoms with Gasteiger partial charge in [0.25, 0.3) is 11.4 Å². The van der Waals surface area contributed by atoms with Crippen molar-refractivity contribution in [2.75, 3.05) is 0 Å². The molecule has 9 heteroatoms. The first-order valence-electron chi connectivity index (χ1n) is 8.84. The molecule has 29 heavy (non-hydrogen) atoms. The lowest BCUT2D eigenvalue weighted by Crippen LogP contribution is -2.05. The van der Waals surface area contributed by atoms with Crippen LogP contribution in [0.2, 0.25) is 5.15 Å². The summed E-state index contributed by atoms with van der Waals surface area (Å²) in [5.41, 5.74) is 3.79. The number of hydrogen-bond acceptors (Lipinski definition) is 6. The third kappa shape index (κ3) is 5.55. The Morgan fingerprint density at radius 2 is 1.41 bits per heavy atom. The third-order valence-corrected chi connectivity index (χ3v) is 4.80. The molecule has 1 aliphatic carbocycles. The molecule has 0 saturated carbocycles.